The van der Waals surface area contributed by atoms with Gasteiger partial charge in [0.05, 0.1) is 50.9 Å². The second kappa shape index (κ2) is 17.7. The van der Waals surface area contributed by atoms with Gasteiger partial charge in [0.15, 0.2) is 17.3 Å². The Kier molecular flexibility index (Phi) is 12.6. The molecular formula is C43H50FN5O5. The molecule has 284 valence electrons. The van der Waals surface area contributed by atoms with Crippen LogP contribution in [0.5, 0.6) is 17.2 Å². The number of carbonyl (C=O) groups is 2. The molecule has 54 heavy (non-hydrogen) atoms. The molecule has 6 rings (SSSR count). The lowest BCUT2D eigenvalue weighted by molar-refractivity contribution is -0.137. The summed E-state index contributed by atoms with van der Waals surface area (Å²) in [6.07, 6.45) is 14.6. The second-order valence-electron chi connectivity index (χ2n) is 14.1. The molecule has 2 aliphatic rings. The van der Waals surface area contributed by atoms with Crippen molar-refractivity contribution >= 4 is 17.8 Å². The zero-order chi connectivity index (χ0) is 38.1. The van der Waals surface area contributed by atoms with Gasteiger partial charge < -0.3 is 28.6 Å². The quantitative estimate of drug-likeness (QED) is 0.0895. The highest BCUT2D eigenvalue weighted by Crippen LogP contribution is 2.42. The summed E-state index contributed by atoms with van der Waals surface area (Å²) in [5, 5.41) is 0. The normalized spacial score (nSPS) is 18.2. The van der Waals surface area contributed by atoms with Gasteiger partial charge in [0.2, 0.25) is 17.4 Å². The number of piperidine rings is 1. The molecule has 1 amide bonds. The molecule has 2 aromatic carbocycles. The number of imidazole rings is 1. The van der Waals surface area contributed by atoms with Crippen LogP contribution in [-0.2, 0) is 24.3 Å². The molecule has 2 fully saturated rings. The Balaban J connectivity index is 1.14. The Bertz CT molecular complexity index is 1930. The van der Waals surface area contributed by atoms with Crippen molar-refractivity contribution in [3.05, 3.63) is 119 Å². The number of halogens is 1. The van der Waals surface area contributed by atoms with Crippen molar-refractivity contribution in [1.29, 1.82) is 0 Å². The summed E-state index contributed by atoms with van der Waals surface area (Å²) in [7, 11) is 4.72. The average Bonchev–Trinajstić information content (AvgIpc) is 3.73. The number of allylic oxidation sites excluding steroid dienone is 3. The largest absolute Gasteiger partial charge is 0.493 e. The van der Waals surface area contributed by atoms with Crippen molar-refractivity contribution in [3.8, 4) is 17.2 Å². The SMILES string of the molecule is C/C=C\C=C/c1cnc(C(=O)C2CCN(CCC3(Cc4ccc(F)cc4)CCN(Cc4cc(OC)c(OC)c(OC)c4)C3=O)CC2)n1Cc1ccccn1. The first-order valence-corrected chi connectivity index (χ1v) is 18.6. The second-order valence-corrected chi connectivity index (χ2v) is 14.1. The van der Waals surface area contributed by atoms with Gasteiger partial charge in [0, 0.05) is 25.2 Å². The van der Waals surface area contributed by atoms with E-state index < -0.39 is 5.41 Å². The Morgan fingerprint density at radius 2 is 1.67 bits per heavy atom. The van der Waals surface area contributed by atoms with Crippen LogP contribution < -0.4 is 14.2 Å². The number of ether oxygens (including phenoxy) is 3. The smallest absolute Gasteiger partial charge is 0.229 e. The highest BCUT2D eigenvalue weighted by molar-refractivity contribution is 5.95. The van der Waals surface area contributed by atoms with Crippen molar-refractivity contribution in [1.82, 2.24) is 24.3 Å². The summed E-state index contributed by atoms with van der Waals surface area (Å²) in [6.45, 7) is 5.64. The fourth-order valence-electron chi connectivity index (χ4n) is 7.75. The minimum absolute atomic E-state index is 0.0532. The monoisotopic (exact) mass is 735 g/mol. The lowest BCUT2D eigenvalue weighted by Gasteiger charge is -2.35. The highest BCUT2D eigenvalue weighted by atomic mass is 19.1. The number of methoxy groups -OCH3 is 3. The van der Waals surface area contributed by atoms with Crippen LogP contribution in [0, 0.1) is 17.2 Å². The maximum absolute atomic E-state index is 14.4. The summed E-state index contributed by atoms with van der Waals surface area (Å²) in [5.41, 5.74) is 2.89. The first-order valence-electron chi connectivity index (χ1n) is 18.6. The van der Waals surface area contributed by atoms with Crippen molar-refractivity contribution in [2.45, 2.75) is 52.1 Å². The standard InChI is InChI=1S/C43H50FN5O5/c1-5-6-7-11-36-28-46-41(49(36)30-35-10-8-9-20-45-35)39(50)33-16-21-47(22-17-33)23-18-43(27-31-12-14-34(44)15-13-31)19-24-48(42(43)51)29-32-25-37(52-2)40(54-4)38(26-32)53-3/h5-15,20,25-26,28,33H,16-19,21-24,27,29-30H2,1-4H3/b6-5-,11-7-. The number of benzene rings is 2. The number of carbonyl (C=O) groups excluding carboxylic acids is 2. The van der Waals surface area contributed by atoms with E-state index in [9.17, 15) is 14.0 Å². The predicted octanol–water partition coefficient (Wildman–Crippen LogP) is 7.03. The van der Waals surface area contributed by atoms with Crippen molar-refractivity contribution in [2.75, 3.05) is 47.5 Å². The number of pyridine rings is 1. The Morgan fingerprint density at radius 3 is 2.31 bits per heavy atom. The molecule has 4 heterocycles. The third kappa shape index (κ3) is 8.73. The van der Waals surface area contributed by atoms with Crippen LogP contribution in [0.1, 0.15) is 65.7 Å². The summed E-state index contributed by atoms with van der Waals surface area (Å²) in [5.74, 6) is 1.74. The summed E-state index contributed by atoms with van der Waals surface area (Å²) < 4.78 is 32.5. The third-order valence-corrected chi connectivity index (χ3v) is 10.7. The van der Waals surface area contributed by atoms with Gasteiger partial charge in [0.25, 0.3) is 0 Å². The summed E-state index contributed by atoms with van der Waals surface area (Å²) in [6, 6.07) is 16.0. The third-order valence-electron chi connectivity index (χ3n) is 10.7. The minimum atomic E-state index is -0.641. The maximum Gasteiger partial charge on any atom is 0.229 e. The lowest BCUT2D eigenvalue weighted by Crippen LogP contribution is -2.42. The molecule has 0 aliphatic carbocycles. The number of hydrogen-bond acceptors (Lipinski definition) is 8. The highest BCUT2D eigenvalue weighted by Gasteiger charge is 2.46. The van der Waals surface area contributed by atoms with Gasteiger partial charge >= 0.3 is 0 Å². The molecule has 10 nitrogen and oxygen atoms in total. The number of aromatic nitrogens is 3. The predicted molar refractivity (Wildman–Crippen MR) is 206 cm³/mol. The molecule has 1 atom stereocenters. The van der Waals surface area contributed by atoms with E-state index in [1.165, 1.54) is 12.1 Å². The molecule has 4 aromatic rings. The van der Waals surface area contributed by atoms with Crippen molar-refractivity contribution < 1.29 is 28.2 Å². The van der Waals surface area contributed by atoms with Gasteiger partial charge in [-0.05, 0) is 112 Å². The molecular weight excluding hydrogens is 686 g/mol. The number of amides is 1. The average molecular weight is 736 g/mol. The molecule has 2 aromatic heterocycles. The zero-order valence-electron chi connectivity index (χ0n) is 31.7. The van der Waals surface area contributed by atoms with Crippen LogP contribution in [0.4, 0.5) is 4.39 Å². The summed E-state index contributed by atoms with van der Waals surface area (Å²) >= 11 is 0. The number of nitrogens with zero attached hydrogens (tertiary/aromatic N) is 5. The molecule has 11 heteroatoms. The minimum Gasteiger partial charge on any atom is -0.493 e. The van der Waals surface area contributed by atoms with Gasteiger partial charge in [-0.2, -0.15) is 0 Å². The lowest BCUT2D eigenvalue weighted by atomic mass is 9.77. The van der Waals surface area contributed by atoms with Crippen LogP contribution in [0.2, 0.25) is 0 Å². The Morgan fingerprint density at radius 1 is 0.926 bits per heavy atom. The molecule has 0 radical (unpaired) electrons. The number of likely N-dealkylation sites (tertiary alicyclic amines) is 2. The van der Waals surface area contributed by atoms with E-state index in [0.717, 1.165) is 42.1 Å². The number of rotatable bonds is 16. The van der Waals surface area contributed by atoms with Gasteiger partial charge in [-0.3, -0.25) is 14.6 Å². The zero-order valence-corrected chi connectivity index (χ0v) is 31.7. The van der Waals surface area contributed by atoms with Gasteiger partial charge in [-0.1, -0.05) is 36.4 Å². The molecule has 1 unspecified atom stereocenters. The Hall–Kier alpha value is -5.29. The number of hydrogen-bond donors (Lipinski definition) is 0. The summed E-state index contributed by atoms with van der Waals surface area (Å²) in [4.78, 5) is 41.8. The van der Waals surface area contributed by atoms with Crippen LogP contribution in [-0.4, -0.2) is 83.5 Å². The number of ketones is 1. The number of Topliss-reactive ketones (excluding diaryl/α,β-unsaturated/α-hetero) is 1. The van der Waals surface area contributed by atoms with E-state index in [1.807, 2.05) is 71.0 Å². The van der Waals surface area contributed by atoms with Crippen molar-refractivity contribution in [3.63, 3.8) is 0 Å². The van der Waals surface area contributed by atoms with E-state index in [-0.39, 0.29) is 23.4 Å². The van der Waals surface area contributed by atoms with E-state index in [4.69, 9.17) is 14.2 Å². The van der Waals surface area contributed by atoms with Crippen molar-refractivity contribution in [2.24, 2.45) is 11.3 Å². The first-order chi connectivity index (χ1) is 26.3. The van der Waals surface area contributed by atoms with E-state index in [2.05, 4.69) is 14.9 Å². The fourth-order valence-corrected chi connectivity index (χ4v) is 7.75. The maximum atomic E-state index is 14.4. The topological polar surface area (TPSA) is 99.0 Å². The van der Waals surface area contributed by atoms with Crippen LogP contribution in [0.15, 0.2) is 85.2 Å². The molecule has 0 spiro atoms. The van der Waals surface area contributed by atoms with Gasteiger partial charge in [-0.25, -0.2) is 9.37 Å². The molecule has 0 N–H and O–H groups in total. The van der Waals surface area contributed by atoms with Crippen LogP contribution >= 0.6 is 0 Å². The van der Waals surface area contributed by atoms with Gasteiger partial charge in [0.1, 0.15) is 5.82 Å². The van der Waals surface area contributed by atoms with E-state index in [0.29, 0.717) is 74.8 Å². The molecule has 0 saturated carbocycles. The first kappa shape index (κ1) is 38.4. The van der Waals surface area contributed by atoms with Gasteiger partial charge in [-0.15, -0.1) is 0 Å². The Labute approximate surface area is 317 Å². The van der Waals surface area contributed by atoms with Crippen LogP contribution in [0.3, 0.4) is 0 Å². The van der Waals surface area contributed by atoms with E-state index in [1.54, 1.807) is 45.9 Å². The molecule has 0 bridgehead atoms. The molecule has 2 aliphatic heterocycles. The fraction of sp³-hybridized carbons (Fsp3) is 0.395. The molecule has 2 saturated heterocycles. The van der Waals surface area contributed by atoms with Crippen LogP contribution in [0.25, 0.3) is 6.08 Å². The van der Waals surface area contributed by atoms with E-state index >= 15 is 0 Å².